The molecule has 2 fully saturated rings. The van der Waals surface area contributed by atoms with Crippen molar-refractivity contribution < 1.29 is 5.11 Å². The van der Waals surface area contributed by atoms with Gasteiger partial charge in [0.25, 0.3) is 0 Å². The average Bonchev–Trinajstić information content (AvgIpc) is 2.91. The number of aliphatic hydroxyl groups is 1. The zero-order valence-electron chi connectivity index (χ0n) is 9.02. The van der Waals surface area contributed by atoms with Gasteiger partial charge in [0.2, 0.25) is 0 Å². The fraction of sp³-hybridized carbons (Fsp3) is 0.571. The van der Waals surface area contributed by atoms with Gasteiger partial charge in [-0.3, -0.25) is 0 Å². The van der Waals surface area contributed by atoms with Crippen molar-refractivity contribution in [3.63, 3.8) is 0 Å². The monoisotopic (exact) mass is 202 g/mol. The fourth-order valence-corrected chi connectivity index (χ4v) is 3.52. The molecule has 0 saturated heterocycles. The molecule has 3 unspecified atom stereocenters. The summed E-state index contributed by atoms with van der Waals surface area (Å²) >= 11 is 0. The summed E-state index contributed by atoms with van der Waals surface area (Å²) in [6.07, 6.45) is 5.78. The number of hydrogen-bond donors (Lipinski definition) is 1. The van der Waals surface area contributed by atoms with Crippen molar-refractivity contribution in [3.05, 3.63) is 35.4 Å². The van der Waals surface area contributed by atoms with Crippen LogP contribution in [0.25, 0.3) is 0 Å². The van der Waals surface area contributed by atoms with Crippen LogP contribution in [-0.2, 0) is 6.61 Å². The van der Waals surface area contributed by atoms with Gasteiger partial charge in [-0.25, -0.2) is 0 Å². The van der Waals surface area contributed by atoms with E-state index in [-0.39, 0.29) is 6.61 Å². The normalized spacial score (nSPS) is 33.5. The van der Waals surface area contributed by atoms with Gasteiger partial charge in [-0.15, -0.1) is 0 Å². The van der Waals surface area contributed by atoms with E-state index < -0.39 is 0 Å². The van der Waals surface area contributed by atoms with E-state index in [4.69, 9.17) is 5.11 Å². The SMILES string of the molecule is OCc1ccc(C2CC3CCC2C3)cc1. The van der Waals surface area contributed by atoms with Crippen LogP contribution < -0.4 is 0 Å². The number of hydrogen-bond acceptors (Lipinski definition) is 1. The lowest BCUT2D eigenvalue weighted by molar-refractivity contribution is 0.282. The van der Waals surface area contributed by atoms with E-state index in [2.05, 4.69) is 24.3 Å². The van der Waals surface area contributed by atoms with Gasteiger partial charge in [-0.2, -0.15) is 0 Å². The van der Waals surface area contributed by atoms with Crippen molar-refractivity contribution in [1.29, 1.82) is 0 Å². The first kappa shape index (κ1) is 9.41. The Kier molecular flexibility index (Phi) is 2.28. The smallest absolute Gasteiger partial charge is 0.0681 e. The second-order valence-electron chi connectivity index (χ2n) is 5.18. The lowest BCUT2D eigenvalue weighted by Gasteiger charge is -2.22. The summed E-state index contributed by atoms with van der Waals surface area (Å²) in [7, 11) is 0. The first-order valence-corrected chi connectivity index (χ1v) is 6.06. The maximum atomic E-state index is 9.00. The number of benzene rings is 1. The van der Waals surface area contributed by atoms with Crippen LogP contribution in [0.3, 0.4) is 0 Å². The maximum Gasteiger partial charge on any atom is 0.0681 e. The Labute approximate surface area is 91.1 Å². The summed E-state index contributed by atoms with van der Waals surface area (Å²) in [5.41, 5.74) is 2.53. The molecule has 1 nitrogen and oxygen atoms in total. The third-order valence-electron chi connectivity index (χ3n) is 4.33. The molecule has 0 aliphatic heterocycles. The van der Waals surface area contributed by atoms with Crippen molar-refractivity contribution in [2.75, 3.05) is 0 Å². The minimum absolute atomic E-state index is 0.164. The Morgan fingerprint density at radius 3 is 2.40 bits per heavy atom. The molecule has 1 aromatic rings. The predicted octanol–water partition coefficient (Wildman–Crippen LogP) is 3.08. The lowest BCUT2D eigenvalue weighted by atomic mass is 9.83. The third-order valence-corrected chi connectivity index (χ3v) is 4.33. The summed E-state index contributed by atoms with van der Waals surface area (Å²) < 4.78 is 0. The van der Waals surface area contributed by atoms with Gasteiger partial charge in [0.1, 0.15) is 0 Å². The Morgan fingerprint density at radius 1 is 1.07 bits per heavy atom. The summed E-state index contributed by atoms with van der Waals surface area (Å²) in [5.74, 6) is 2.78. The van der Waals surface area contributed by atoms with Crippen LogP contribution in [0.5, 0.6) is 0 Å². The Morgan fingerprint density at radius 2 is 1.87 bits per heavy atom. The van der Waals surface area contributed by atoms with Crippen molar-refractivity contribution in [2.24, 2.45) is 11.8 Å². The highest BCUT2D eigenvalue weighted by Gasteiger charge is 2.39. The largest absolute Gasteiger partial charge is 0.392 e. The van der Waals surface area contributed by atoms with Crippen molar-refractivity contribution in [3.8, 4) is 0 Å². The molecule has 0 amide bonds. The van der Waals surface area contributed by atoms with Gasteiger partial charge in [-0.05, 0) is 48.1 Å². The molecule has 1 N–H and O–H groups in total. The predicted molar refractivity (Wildman–Crippen MR) is 60.6 cm³/mol. The second kappa shape index (κ2) is 3.64. The number of rotatable bonds is 2. The Balaban J connectivity index is 1.81. The van der Waals surface area contributed by atoms with E-state index >= 15 is 0 Å². The zero-order valence-corrected chi connectivity index (χ0v) is 9.02. The minimum Gasteiger partial charge on any atom is -0.392 e. The molecule has 2 bridgehead atoms. The van der Waals surface area contributed by atoms with Crippen LogP contribution in [0.1, 0.15) is 42.7 Å². The second-order valence-corrected chi connectivity index (χ2v) is 5.18. The van der Waals surface area contributed by atoms with E-state index in [1.165, 1.54) is 31.2 Å². The van der Waals surface area contributed by atoms with Crippen molar-refractivity contribution in [2.45, 2.75) is 38.2 Å². The molecule has 3 atom stereocenters. The molecule has 80 valence electrons. The van der Waals surface area contributed by atoms with Crippen LogP contribution in [-0.4, -0.2) is 5.11 Å². The molecular formula is C14H18O. The molecule has 2 aliphatic carbocycles. The van der Waals surface area contributed by atoms with Crippen LogP contribution >= 0.6 is 0 Å². The van der Waals surface area contributed by atoms with Crippen LogP contribution in [0.4, 0.5) is 0 Å². The molecule has 15 heavy (non-hydrogen) atoms. The Bertz CT molecular complexity index is 341. The quantitative estimate of drug-likeness (QED) is 0.781. The Hall–Kier alpha value is -0.820. The van der Waals surface area contributed by atoms with E-state index in [0.717, 1.165) is 23.3 Å². The molecular weight excluding hydrogens is 184 g/mol. The van der Waals surface area contributed by atoms with Gasteiger partial charge < -0.3 is 5.11 Å². The molecule has 0 radical (unpaired) electrons. The highest BCUT2D eigenvalue weighted by molar-refractivity contribution is 5.27. The minimum atomic E-state index is 0.164. The van der Waals surface area contributed by atoms with Crippen molar-refractivity contribution >= 4 is 0 Å². The fourth-order valence-electron chi connectivity index (χ4n) is 3.52. The van der Waals surface area contributed by atoms with Gasteiger partial charge in [0, 0.05) is 0 Å². The highest BCUT2D eigenvalue weighted by Crippen LogP contribution is 2.52. The summed E-state index contributed by atoms with van der Waals surface area (Å²) in [6.45, 7) is 0.164. The highest BCUT2D eigenvalue weighted by atomic mass is 16.3. The zero-order chi connectivity index (χ0) is 10.3. The number of fused-ring (bicyclic) bond motifs is 2. The molecule has 0 heterocycles. The van der Waals surface area contributed by atoms with Gasteiger partial charge in [0.05, 0.1) is 6.61 Å². The first-order chi connectivity index (χ1) is 7.36. The molecule has 0 aromatic heterocycles. The van der Waals surface area contributed by atoms with Gasteiger partial charge in [0.15, 0.2) is 0 Å². The molecule has 3 rings (SSSR count). The van der Waals surface area contributed by atoms with Gasteiger partial charge in [-0.1, -0.05) is 30.7 Å². The van der Waals surface area contributed by atoms with E-state index in [0.29, 0.717) is 0 Å². The number of aliphatic hydroxyl groups excluding tert-OH is 1. The van der Waals surface area contributed by atoms with Gasteiger partial charge >= 0.3 is 0 Å². The van der Waals surface area contributed by atoms with E-state index in [1.54, 1.807) is 0 Å². The molecule has 2 saturated carbocycles. The average molecular weight is 202 g/mol. The summed E-state index contributed by atoms with van der Waals surface area (Å²) in [6, 6.07) is 8.58. The third kappa shape index (κ3) is 1.59. The topological polar surface area (TPSA) is 20.2 Å². The molecule has 0 spiro atoms. The summed E-state index contributed by atoms with van der Waals surface area (Å²) in [5, 5.41) is 9.00. The maximum absolute atomic E-state index is 9.00. The van der Waals surface area contributed by atoms with Crippen LogP contribution in [0.15, 0.2) is 24.3 Å². The molecule has 1 heteroatoms. The lowest BCUT2D eigenvalue weighted by Crippen LogP contribution is -2.08. The summed E-state index contributed by atoms with van der Waals surface area (Å²) in [4.78, 5) is 0. The van der Waals surface area contributed by atoms with E-state index in [1.807, 2.05) is 0 Å². The van der Waals surface area contributed by atoms with Crippen LogP contribution in [0, 0.1) is 11.8 Å². The first-order valence-electron chi connectivity index (χ1n) is 6.06. The van der Waals surface area contributed by atoms with Crippen LogP contribution in [0.2, 0.25) is 0 Å². The standard InChI is InChI=1S/C14H18O/c15-9-10-1-4-12(5-2-10)14-8-11-3-6-13(14)7-11/h1-2,4-5,11,13-15H,3,6-9H2. The molecule has 2 aliphatic rings. The molecule has 1 aromatic carbocycles. The van der Waals surface area contributed by atoms with E-state index in [9.17, 15) is 0 Å². The van der Waals surface area contributed by atoms with Crippen molar-refractivity contribution in [1.82, 2.24) is 0 Å².